The summed E-state index contributed by atoms with van der Waals surface area (Å²) >= 11 is 5.73. The summed E-state index contributed by atoms with van der Waals surface area (Å²) in [7, 11) is 0. The summed E-state index contributed by atoms with van der Waals surface area (Å²) in [5.41, 5.74) is -1.01. The van der Waals surface area contributed by atoms with E-state index in [4.69, 9.17) is 16.3 Å². The first kappa shape index (κ1) is 18.8. The minimum absolute atomic E-state index is 0. The molecule has 112 valence electrons. The number of ether oxygens (including phenoxy) is 1. The molecule has 4 nitrogen and oxygen atoms in total. The topological polar surface area (TPSA) is 52.4 Å². The van der Waals surface area contributed by atoms with Crippen molar-refractivity contribution in [1.82, 2.24) is 0 Å². The van der Waals surface area contributed by atoms with Gasteiger partial charge in [0, 0.05) is 12.1 Å². The second-order valence-corrected chi connectivity index (χ2v) is 4.40. The Morgan fingerprint density at radius 1 is 1.09 bits per heavy atom. The second kappa shape index (κ2) is 7.32. The molecule has 0 atom stereocenters. The van der Waals surface area contributed by atoms with Crippen molar-refractivity contribution in [2.45, 2.75) is 6.18 Å². The standard InChI is InChI=1S/C13H7ClF3NO3.Na.H/c14-11-7-8(13(15,16)17)1-6-12(11)21-10-4-2-9(3-5-10)18(19)20;;/h1-7H;;. The maximum absolute atomic E-state index is 12.5. The molecule has 0 N–H and O–H groups in total. The van der Waals surface area contributed by atoms with E-state index in [1.165, 1.54) is 24.3 Å². The molecule has 0 saturated heterocycles. The average molecular weight is 342 g/mol. The molecule has 0 fully saturated rings. The first-order valence-corrected chi connectivity index (χ1v) is 5.94. The zero-order chi connectivity index (χ0) is 15.6. The quantitative estimate of drug-likeness (QED) is 0.472. The van der Waals surface area contributed by atoms with Crippen molar-refractivity contribution >= 4 is 46.8 Å². The predicted octanol–water partition coefficient (Wildman–Crippen LogP) is 4.41. The number of rotatable bonds is 3. The van der Waals surface area contributed by atoms with E-state index >= 15 is 0 Å². The van der Waals surface area contributed by atoms with Crippen LogP contribution in [0, 0.1) is 10.1 Å². The number of benzene rings is 2. The van der Waals surface area contributed by atoms with Crippen LogP contribution < -0.4 is 4.74 Å². The van der Waals surface area contributed by atoms with Crippen molar-refractivity contribution in [3.05, 3.63) is 63.2 Å². The molecule has 2 rings (SSSR count). The van der Waals surface area contributed by atoms with Gasteiger partial charge in [-0.2, -0.15) is 13.2 Å². The maximum atomic E-state index is 12.5. The van der Waals surface area contributed by atoms with Gasteiger partial charge in [-0.25, -0.2) is 0 Å². The van der Waals surface area contributed by atoms with Crippen molar-refractivity contribution in [3.8, 4) is 11.5 Å². The van der Waals surface area contributed by atoms with E-state index in [-0.39, 0.29) is 51.8 Å². The van der Waals surface area contributed by atoms with Crippen LogP contribution in [0.25, 0.3) is 0 Å². The molecular weight excluding hydrogens is 334 g/mol. The van der Waals surface area contributed by atoms with E-state index < -0.39 is 16.7 Å². The number of alkyl halides is 3. The monoisotopic (exact) mass is 341 g/mol. The number of nitro benzene ring substituents is 1. The van der Waals surface area contributed by atoms with Crippen molar-refractivity contribution in [2.24, 2.45) is 0 Å². The van der Waals surface area contributed by atoms with Gasteiger partial charge in [0.05, 0.1) is 15.5 Å². The number of nitrogens with zero attached hydrogens (tertiary/aromatic N) is 1. The molecule has 0 amide bonds. The van der Waals surface area contributed by atoms with Crippen LogP contribution in [-0.2, 0) is 6.18 Å². The van der Waals surface area contributed by atoms with E-state index in [1.807, 2.05) is 0 Å². The summed E-state index contributed by atoms with van der Waals surface area (Å²) in [6.07, 6.45) is -4.49. The first-order chi connectivity index (χ1) is 9.77. The van der Waals surface area contributed by atoms with Crippen LogP contribution in [0.3, 0.4) is 0 Å². The molecule has 0 aliphatic carbocycles. The van der Waals surface area contributed by atoms with Crippen LogP contribution in [0.5, 0.6) is 11.5 Å². The molecule has 0 bridgehead atoms. The number of halogens is 4. The Bertz CT molecular complexity index is 677. The Labute approximate surface area is 150 Å². The van der Waals surface area contributed by atoms with E-state index in [9.17, 15) is 23.3 Å². The van der Waals surface area contributed by atoms with Gasteiger partial charge in [-0.05, 0) is 30.3 Å². The van der Waals surface area contributed by atoms with Gasteiger partial charge >= 0.3 is 35.7 Å². The minimum atomic E-state index is -4.49. The summed E-state index contributed by atoms with van der Waals surface area (Å²) in [5, 5.41) is 10.3. The summed E-state index contributed by atoms with van der Waals surface area (Å²) in [6.45, 7) is 0. The second-order valence-electron chi connectivity index (χ2n) is 4.00. The molecule has 22 heavy (non-hydrogen) atoms. The fourth-order valence-electron chi connectivity index (χ4n) is 1.52. The van der Waals surface area contributed by atoms with E-state index in [0.717, 1.165) is 18.2 Å². The van der Waals surface area contributed by atoms with E-state index in [1.54, 1.807) is 0 Å². The van der Waals surface area contributed by atoms with Crippen LogP contribution in [0.15, 0.2) is 42.5 Å². The van der Waals surface area contributed by atoms with Gasteiger partial charge in [0.25, 0.3) is 5.69 Å². The summed E-state index contributed by atoms with van der Waals surface area (Å²) in [5.74, 6) is 0.251. The summed E-state index contributed by atoms with van der Waals surface area (Å²) in [6, 6.07) is 7.76. The SMILES string of the molecule is O=[N+]([O-])c1ccc(Oc2ccc(C(F)(F)F)cc2Cl)cc1.[NaH]. The average Bonchev–Trinajstić information content (AvgIpc) is 2.40. The molecule has 2 aromatic carbocycles. The molecule has 0 aliphatic heterocycles. The van der Waals surface area contributed by atoms with Gasteiger partial charge in [0.15, 0.2) is 0 Å². The molecule has 0 aromatic heterocycles. The van der Waals surface area contributed by atoms with Crippen LogP contribution in [0.2, 0.25) is 5.02 Å². The van der Waals surface area contributed by atoms with Gasteiger partial charge in [0.1, 0.15) is 11.5 Å². The van der Waals surface area contributed by atoms with Crippen LogP contribution in [0.4, 0.5) is 18.9 Å². The molecule has 2 aromatic rings. The Balaban J connectivity index is 0.00000242. The molecule has 0 aliphatic rings. The van der Waals surface area contributed by atoms with E-state index in [0.29, 0.717) is 0 Å². The van der Waals surface area contributed by atoms with Crippen molar-refractivity contribution in [1.29, 1.82) is 0 Å². The third kappa shape index (κ3) is 4.61. The Kier molecular flexibility index (Phi) is 6.25. The number of non-ortho nitro benzene ring substituents is 1. The molecule has 9 heteroatoms. The summed E-state index contributed by atoms with van der Waals surface area (Å²) < 4.78 is 42.7. The van der Waals surface area contributed by atoms with Gasteiger partial charge in [-0.3, -0.25) is 10.1 Å². The zero-order valence-corrected chi connectivity index (χ0v) is 11.0. The van der Waals surface area contributed by atoms with Gasteiger partial charge in [0.2, 0.25) is 0 Å². The van der Waals surface area contributed by atoms with Gasteiger partial charge in [-0.15, -0.1) is 0 Å². The van der Waals surface area contributed by atoms with Crippen molar-refractivity contribution in [2.75, 3.05) is 0 Å². The molecule has 0 unspecified atom stereocenters. The molecular formula is C13H8ClF3NNaO3. The van der Waals surface area contributed by atoms with E-state index in [2.05, 4.69) is 0 Å². The zero-order valence-electron chi connectivity index (χ0n) is 10.2. The molecule has 0 radical (unpaired) electrons. The third-order valence-corrected chi connectivity index (χ3v) is 2.83. The third-order valence-electron chi connectivity index (χ3n) is 2.53. The normalized spacial score (nSPS) is 10.7. The Morgan fingerprint density at radius 2 is 1.68 bits per heavy atom. The number of hydrogen-bond donors (Lipinski definition) is 0. The van der Waals surface area contributed by atoms with Crippen LogP contribution >= 0.6 is 11.6 Å². The number of nitro groups is 1. The van der Waals surface area contributed by atoms with Gasteiger partial charge < -0.3 is 4.74 Å². The fourth-order valence-corrected chi connectivity index (χ4v) is 1.74. The fraction of sp³-hybridized carbons (Fsp3) is 0.0769. The predicted molar refractivity (Wildman–Crippen MR) is 76.8 cm³/mol. The van der Waals surface area contributed by atoms with Gasteiger partial charge in [-0.1, -0.05) is 11.6 Å². The molecule has 0 heterocycles. The Morgan fingerprint density at radius 3 is 2.14 bits per heavy atom. The summed E-state index contributed by atoms with van der Waals surface area (Å²) in [4.78, 5) is 9.92. The first-order valence-electron chi connectivity index (χ1n) is 5.56. The molecule has 0 saturated carbocycles. The Hall–Kier alpha value is -1.28. The molecule has 0 spiro atoms. The number of hydrogen-bond acceptors (Lipinski definition) is 3. The van der Waals surface area contributed by atoms with Crippen LogP contribution in [-0.4, -0.2) is 34.5 Å². The van der Waals surface area contributed by atoms with Crippen molar-refractivity contribution in [3.63, 3.8) is 0 Å². The van der Waals surface area contributed by atoms with Crippen molar-refractivity contribution < 1.29 is 22.8 Å². The van der Waals surface area contributed by atoms with Crippen LogP contribution in [0.1, 0.15) is 5.56 Å².